The van der Waals surface area contributed by atoms with Gasteiger partial charge in [-0.15, -0.1) is 0 Å². The number of ether oxygens (including phenoxy) is 1. The molecule has 1 saturated carbocycles. The summed E-state index contributed by atoms with van der Waals surface area (Å²) in [6.45, 7) is 1.07. The Balaban J connectivity index is 1.83. The van der Waals surface area contributed by atoms with Crippen molar-refractivity contribution in [2.45, 2.75) is 43.6 Å². The predicted octanol–water partition coefficient (Wildman–Crippen LogP) is 2.34. The standard InChI is InChI=1S/C18H22FNO4/c19-14-5-3-4-13(10-14)18(6-1-2-7-18)17(23)20-8-9-24-15(12-20)11-16(21)22/h3-5,10,15H,1-2,6-9,11-12H2,(H,21,22). The molecule has 0 bridgehead atoms. The molecule has 1 unspecified atom stereocenters. The Morgan fingerprint density at radius 2 is 2.08 bits per heavy atom. The first-order valence-electron chi connectivity index (χ1n) is 8.40. The van der Waals surface area contributed by atoms with E-state index in [1.807, 2.05) is 6.07 Å². The van der Waals surface area contributed by atoms with Crippen molar-refractivity contribution in [2.24, 2.45) is 0 Å². The van der Waals surface area contributed by atoms with E-state index >= 15 is 0 Å². The number of aliphatic carboxylic acids is 1. The molecule has 2 aliphatic rings. The molecule has 0 aromatic heterocycles. The first kappa shape index (κ1) is 16.9. The van der Waals surface area contributed by atoms with E-state index in [-0.39, 0.29) is 24.7 Å². The minimum Gasteiger partial charge on any atom is -0.481 e. The van der Waals surface area contributed by atoms with Crippen LogP contribution in [0.25, 0.3) is 0 Å². The van der Waals surface area contributed by atoms with Crippen LogP contribution in [-0.4, -0.2) is 47.7 Å². The van der Waals surface area contributed by atoms with Gasteiger partial charge >= 0.3 is 5.97 Å². The first-order valence-corrected chi connectivity index (χ1v) is 8.40. The molecule has 1 heterocycles. The summed E-state index contributed by atoms with van der Waals surface area (Å²) in [6.07, 6.45) is 2.69. The number of amides is 1. The van der Waals surface area contributed by atoms with Crippen LogP contribution in [-0.2, 0) is 19.7 Å². The number of hydrogen-bond donors (Lipinski definition) is 1. The summed E-state index contributed by atoms with van der Waals surface area (Å²) >= 11 is 0. The highest BCUT2D eigenvalue weighted by molar-refractivity contribution is 5.89. The molecule has 3 rings (SSSR count). The highest BCUT2D eigenvalue weighted by atomic mass is 19.1. The van der Waals surface area contributed by atoms with E-state index in [1.54, 1.807) is 11.0 Å². The lowest BCUT2D eigenvalue weighted by atomic mass is 9.77. The molecule has 0 radical (unpaired) electrons. The average Bonchev–Trinajstić information content (AvgIpc) is 3.05. The van der Waals surface area contributed by atoms with Crippen molar-refractivity contribution >= 4 is 11.9 Å². The van der Waals surface area contributed by atoms with E-state index in [0.717, 1.165) is 18.4 Å². The normalized spacial score (nSPS) is 23.2. The van der Waals surface area contributed by atoms with Crippen LogP contribution in [0.4, 0.5) is 4.39 Å². The number of carboxylic acids is 1. The zero-order valence-electron chi connectivity index (χ0n) is 13.5. The Labute approximate surface area is 140 Å². The smallest absolute Gasteiger partial charge is 0.306 e. The quantitative estimate of drug-likeness (QED) is 0.917. The topological polar surface area (TPSA) is 66.8 Å². The summed E-state index contributed by atoms with van der Waals surface area (Å²) in [5, 5.41) is 8.94. The lowest BCUT2D eigenvalue weighted by molar-refractivity contribution is -0.150. The third-order valence-corrected chi connectivity index (χ3v) is 5.07. The highest BCUT2D eigenvalue weighted by Crippen LogP contribution is 2.43. The second-order valence-electron chi connectivity index (χ2n) is 6.64. The van der Waals surface area contributed by atoms with Crippen molar-refractivity contribution in [3.63, 3.8) is 0 Å². The van der Waals surface area contributed by atoms with Crippen LogP contribution < -0.4 is 0 Å². The second kappa shape index (κ2) is 6.89. The third kappa shape index (κ3) is 3.29. The van der Waals surface area contributed by atoms with E-state index < -0.39 is 17.5 Å². The summed E-state index contributed by atoms with van der Waals surface area (Å²) in [6, 6.07) is 6.30. The Hall–Kier alpha value is -1.95. The van der Waals surface area contributed by atoms with Gasteiger partial charge in [-0.05, 0) is 30.5 Å². The van der Waals surface area contributed by atoms with Crippen LogP contribution in [0.1, 0.15) is 37.7 Å². The maximum absolute atomic E-state index is 13.7. The highest BCUT2D eigenvalue weighted by Gasteiger charge is 2.46. The van der Waals surface area contributed by atoms with Crippen molar-refractivity contribution in [2.75, 3.05) is 19.7 Å². The lowest BCUT2D eigenvalue weighted by Gasteiger charge is -2.39. The molecule has 24 heavy (non-hydrogen) atoms. The van der Waals surface area contributed by atoms with Crippen molar-refractivity contribution in [3.8, 4) is 0 Å². The number of morpholine rings is 1. The molecule has 1 aromatic carbocycles. The Morgan fingerprint density at radius 3 is 2.75 bits per heavy atom. The Morgan fingerprint density at radius 1 is 1.33 bits per heavy atom. The molecule has 1 amide bonds. The van der Waals surface area contributed by atoms with Gasteiger partial charge in [-0.3, -0.25) is 9.59 Å². The molecule has 1 N–H and O–H groups in total. The minimum atomic E-state index is -0.935. The van der Waals surface area contributed by atoms with Gasteiger partial charge in [-0.25, -0.2) is 4.39 Å². The van der Waals surface area contributed by atoms with E-state index in [9.17, 15) is 14.0 Å². The molecule has 5 nitrogen and oxygen atoms in total. The fourth-order valence-electron chi connectivity index (χ4n) is 3.92. The molecule has 2 fully saturated rings. The number of benzene rings is 1. The van der Waals surface area contributed by atoms with Crippen LogP contribution >= 0.6 is 0 Å². The fourth-order valence-corrected chi connectivity index (χ4v) is 3.92. The van der Waals surface area contributed by atoms with Crippen molar-refractivity contribution in [1.29, 1.82) is 0 Å². The summed E-state index contributed by atoms with van der Waals surface area (Å²) in [7, 11) is 0. The van der Waals surface area contributed by atoms with Gasteiger partial charge in [-0.2, -0.15) is 0 Å². The number of hydrogen-bond acceptors (Lipinski definition) is 3. The Bertz CT molecular complexity index is 627. The van der Waals surface area contributed by atoms with E-state index in [0.29, 0.717) is 26.0 Å². The third-order valence-electron chi connectivity index (χ3n) is 5.07. The van der Waals surface area contributed by atoms with E-state index in [2.05, 4.69) is 0 Å². The van der Waals surface area contributed by atoms with Crippen molar-refractivity contribution in [1.82, 2.24) is 4.90 Å². The SMILES string of the molecule is O=C(O)CC1CN(C(=O)C2(c3cccc(F)c3)CCCC2)CCO1. The molecule has 130 valence electrons. The van der Waals surface area contributed by atoms with Gasteiger partial charge in [0.2, 0.25) is 5.91 Å². The lowest BCUT2D eigenvalue weighted by Crippen LogP contribution is -2.52. The molecule has 0 spiro atoms. The number of carbonyl (C=O) groups excluding carboxylic acids is 1. The maximum Gasteiger partial charge on any atom is 0.306 e. The minimum absolute atomic E-state index is 0.0238. The molecule has 1 aliphatic carbocycles. The summed E-state index contributed by atoms with van der Waals surface area (Å²) in [5.41, 5.74) is 0.0407. The number of halogens is 1. The van der Waals surface area contributed by atoms with Crippen molar-refractivity contribution < 1.29 is 23.8 Å². The molecule has 6 heteroatoms. The molecule has 1 saturated heterocycles. The molecular formula is C18H22FNO4. The largest absolute Gasteiger partial charge is 0.481 e. The zero-order chi connectivity index (χ0) is 17.2. The summed E-state index contributed by atoms with van der Waals surface area (Å²) < 4.78 is 19.1. The first-order chi connectivity index (χ1) is 11.5. The fraction of sp³-hybridized carbons (Fsp3) is 0.556. The molecule has 1 aliphatic heterocycles. The summed E-state index contributed by atoms with van der Waals surface area (Å²) in [4.78, 5) is 25.9. The summed E-state index contributed by atoms with van der Waals surface area (Å²) in [5.74, 6) is -1.29. The van der Waals surface area contributed by atoms with Crippen molar-refractivity contribution in [3.05, 3.63) is 35.6 Å². The number of nitrogens with zero attached hydrogens (tertiary/aromatic N) is 1. The number of rotatable bonds is 4. The monoisotopic (exact) mass is 335 g/mol. The average molecular weight is 335 g/mol. The molecular weight excluding hydrogens is 313 g/mol. The van der Waals surface area contributed by atoms with Gasteiger partial charge in [0.05, 0.1) is 24.5 Å². The van der Waals surface area contributed by atoms with E-state index in [1.165, 1.54) is 12.1 Å². The van der Waals surface area contributed by atoms with Crippen LogP contribution in [0.15, 0.2) is 24.3 Å². The second-order valence-corrected chi connectivity index (χ2v) is 6.64. The van der Waals surface area contributed by atoms with Crippen LogP contribution in [0.3, 0.4) is 0 Å². The van der Waals surface area contributed by atoms with Gasteiger partial charge in [0.25, 0.3) is 0 Å². The van der Waals surface area contributed by atoms with Gasteiger partial charge in [0.15, 0.2) is 0 Å². The molecule has 1 aromatic rings. The van der Waals surface area contributed by atoms with Crippen LogP contribution in [0.2, 0.25) is 0 Å². The number of carbonyl (C=O) groups is 2. The van der Waals surface area contributed by atoms with Crippen LogP contribution in [0, 0.1) is 5.82 Å². The van der Waals surface area contributed by atoms with Gasteiger partial charge in [0.1, 0.15) is 5.82 Å². The van der Waals surface area contributed by atoms with Gasteiger partial charge in [0, 0.05) is 13.1 Å². The predicted molar refractivity (Wildman–Crippen MR) is 85.1 cm³/mol. The van der Waals surface area contributed by atoms with Gasteiger partial charge in [-0.1, -0.05) is 25.0 Å². The van der Waals surface area contributed by atoms with Crippen LogP contribution in [0.5, 0.6) is 0 Å². The maximum atomic E-state index is 13.7. The van der Waals surface area contributed by atoms with E-state index in [4.69, 9.17) is 9.84 Å². The number of carboxylic acid groups (broad SMARTS) is 1. The Kier molecular flexibility index (Phi) is 4.85. The zero-order valence-corrected chi connectivity index (χ0v) is 13.5. The molecule has 1 atom stereocenters. The van der Waals surface area contributed by atoms with Gasteiger partial charge < -0.3 is 14.7 Å².